The van der Waals surface area contributed by atoms with Gasteiger partial charge in [-0.3, -0.25) is 0 Å². The molecule has 0 aliphatic heterocycles. The monoisotopic (exact) mass is 181 g/mol. The van der Waals surface area contributed by atoms with Crippen LogP contribution in [0.2, 0.25) is 0 Å². The second-order valence-electron chi connectivity index (χ2n) is 2.35. The topological polar surface area (TPSA) is 51.0 Å². The fourth-order valence-electron chi connectivity index (χ4n) is 0.987. The van der Waals surface area contributed by atoms with E-state index in [-0.39, 0.29) is 0 Å². The summed E-state index contributed by atoms with van der Waals surface area (Å²) >= 11 is 0. The number of nitrogens with zero attached hydrogens (tertiary/aromatic N) is 1. The summed E-state index contributed by atoms with van der Waals surface area (Å²) in [5.74, 6) is 1.31. The first-order chi connectivity index (χ1) is 6.31. The SMILES string of the molecule is COc1ccc(/C=N\O)c(OC)c1. The molecule has 0 fully saturated rings. The molecule has 0 unspecified atom stereocenters. The van der Waals surface area contributed by atoms with Gasteiger partial charge in [0.1, 0.15) is 11.5 Å². The van der Waals surface area contributed by atoms with Crippen LogP contribution in [0.3, 0.4) is 0 Å². The van der Waals surface area contributed by atoms with Crippen LogP contribution >= 0.6 is 0 Å². The second kappa shape index (κ2) is 4.35. The van der Waals surface area contributed by atoms with Crippen LogP contribution in [0.5, 0.6) is 11.5 Å². The van der Waals surface area contributed by atoms with E-state index in [4.69, 9.17) is 14.7 Å². The van der Waals surface area contributed by atoms with E-state index in [0.717, 1.165) is 0 Å². The Morgan fingerprint density at radius 2 is 2.08 bits per heavy atom. The summed E-state index contributed by atoms with van der Waals surface area (Å²) in [6.45, 7) is 0. The first-order valence-electron chi connectivity index (χ1n) is 3.71. The molecule has 0 heterocycles. The van der Waals surface area contributed by atoms with Gasteiger partial charge in [-0.1, -0.05) is 5.16 Å². The Balaban J connectivity index is 3.07. The van der Waals surface area contributed by atoms with Crippen LogP contribution in [0.1, 0.15) is 5.56 Å². The summed E-state index contributed by atoms with van der Waals surface area (Å²) in [7, 11) is 3.12. The molecule has 1 aromatic rings. The van der Waals surface area contributed by atoms with Crippen molar-refractivity contribution in [3.8, 4) is 11.5 Å². The van der Waals surface area contributed by atoms with Crippen molar-refractivity contribution in [1.82, 2.24) is 0 Å². The normalized spacial score (nSPS) is 10.3. The standard InChI is InChI=1S/C9H11NO3/c1-12-8-4-3-7(6-10-11)9(5-8)13-2/h3-6,11H,1-2H3/b10-6-. The summed E-state index contributed by atoms with van der Waals surface area (Å²) in [5.41, 5.74) is 0.700. The summed E-state index contributed by atoms with van der Waals surface area (Å²) in [6, 6.07) is 5.23. The van der Waals surface area contributed by atoms with Gasteiger partial charge in [-0.05, 0) is 12.1 Å². The van der Waals surface area contributed by atoms with Crippen molar-refractivity contribution in [1.29, 1.82) is 0 Å². The maximum Gasteiger partial charge on any atom is 0.131 e. The zero-order chi connectivity index (χ0) is 9.68. The minimum Gasteiger partial charge on any atom is -0.497 e. The van der Waals surface area contributed by atoms with Gasteiger partial charge in [-0.15, -0.1) is 0 Å². The van der Waals surface area contributed by atoms with Crippen molar-refractivity contribution >= 4 is 6.21 Å². The Labute approximate surface area is 76.4 Å². The van der Waals surface area contributed by atoms with E-state index in [1.54, 1.807) is 32.4 Å². The Kier molecular flexibility index (Phi) is 3.14. The first-order valence-corrected chi connectivity index (χ1v) is 3.71. The third-order valence-corrected chi connectivity index (χ3v) is 1.64. The molecule has 4 nitrogen and oxygen atoms in total. The lowest BCUT2D eigenvalue weighted by molar-refractivity contribution is 0.321. The highest BCUT2D eigenvalue weighted by Crippen LogP contribution is 2.22. The smallest absolute Gasteiger partial charge is 0.131 e. The zero-order valence-electron chi connectivity index (χ0n) is 7.52. The van der Waals surface area contributed by atoms with Crippen LogP contribution in [0, 0.1) is 0 Å². The quantitative estimate of drug-likeness (QED) is 0.437. The molecule has 0 aliphatic carbocycles. The molecule has 0 aromatic heterocycles. The number of rotatable bonds is 3. The highest BCUT2D eigenvalue weighted by atomic mass is 16.5. The van der Waals surface area contributed by atoms with Crippen LogP contribution in [0.25, 0.3) is 0 Å². The van der Waals surface area contributed by atoms with Gasteiger partial charge in [0.2, 0.25) is 0 Å². The highest BCUT2D eigenvalue weighted by Gasteiger charge is 2.01. The van der Waals surface area contributed by atoms with E-state index < -0.39 is 0 Å². The second-order valence-corrected chi connectivity index (χ2v) is 2.35. The Bertz CT molecular complexity index is 310. The average Bonchev–Trinajstić information content (AvgIpc) is 2.19. The maximum atomic E-state index is 8.35. The molecule has 0 aliphatic rings. The summed E-state index contributed by atoms with van der Waals surface area (Å²) in [5, 5.41) is 11.3. The third kappa shape index (κ3) is 2.11. The first kappa shape index (κ1) is 9.38. The number of oxime groups is 1. The van der Waals surface area contributed by atoms with Crippen molar-refractivity contribution in [2.75, 3.05) is 14.2 Å². The van der Waals surface area contributed by atoms with Gasteiger partial charge < -0.3 is 14.7 Å². The van der Waals surface area contributed by atoms with E-state index in [9.17, 15) is 0 Å². The van der Waals surface area contributed by atoms with Gasteiger partial charge in [-0.2, -0.15) is 0 Å². The van der Waals surface area contributed by atoms with E-state index in [1.807, 2.05) is 0 Å². The number of methoxy groups -OCH3 is 2. The number of ether oxygens (including phenoxy) is 2. The molecule has 1 N–H and O–H groups in total. The van der Waals surface area contributed by atoms with Crippen molar-refractivity contribution in [2.45, 2.75) is 0 Å². The fourth-order valence-corrected chi connectivity index (χ4v) is 0.987. The van der Waals surface area contributed by atoms with Crippen molar-refractivity contribution in [3.05, 3.63) is 23.8 Å². The Morgan fingerprint density at radius 3 is 2.62 bits per heavy atom. The summed E-state index contributed by atoms with van der Waals surface area (Å²) in [6.07, 6.45) is 1.30. The molecule has 0 saturated heterocycles. The summed E-state index contributed by atoms with van der Waals surface area (Å²) in [4.78, 5) is 0. The van der Waals surface area contributed by atoms with Crippen LogP contribution in [-0.2, 0) is 0 Å². The summed E-state index contributed by atoms with van der Waals surface area (Å²) < 4.78 is 10.1. The molecule has 0 spiro atoms. The van der Waals surface area contributed by atoms with Crippen molar-refractivity contribution < 1.29 is 14.7 Å². The van der Waals surface area contributed by atoms with Gasteiger partial charge >= 0.3 is 0 Å². The molecule has 0 radical (unpaired) electrons. The predicted molar refractivity (Wildman–Crippen MR) is 48.9 cm³/mol. The maximum absolute atomic E-state index is 8.35. The zero-order valence-corrected chi connectivity index (χ0v) is 7.52. The van der Waals surface area contributed by atoms with E-state index in [1.165, 1.54) is 6.21 Å². The van der Waals surface area contributed by atoms with E-state index in [0.29, 0.717) is 17.1 Å². The number of benzene rings is 1. The van der Waals surface area contributed by atoms with Crippen LogP contribution < -0.4 is 9.47 Å². The molecule has 1 rings (SSSR count). The molecule has 13 heavy (non-hydrogen) atoms. The minimum atomic E-state index is 0.608. The molecule has 70 valence electrons. The number of hydrogen-bond donors (Lipinski definition) is 1. The van der Waals surface area contributed by atoms with Gasteiger partial charge in [0, 0.05) is 11.6 Å². The van der Waals surface area contributed by atoms with Gasteiger partial charge in [0.05, 0.1) is 20.4 Å². The molecule has 0 saturated carbocycles. The number of hydrogen-bond acceptors (Lipinski definition) is 4. The average molecular weight is 181 g/mol. The molecule has 4 heteroatoms. The molecule has 0 atom stereocenters. The lowest BCUT2D eigenvalue weighted by atomic mass is 10.2. The predicted octanol–water partition coefficient (Wildman–Crippen LogP) is 1.51. The van der Waals surface area contributed by atoms with Crippen molar-refractivity contribution in [2.24, 2.45) is 5.16 Å². The third-order valence-electron chi connectivity index (χ3n) is 1.64. The Morgan fingerprint density at radius 1 is 1.31 bits per heavy atom. The van der Waals surface area contributed by atoms with Crippen molar-refractivity contribution in [3.63, 3.8) is 0 Å². The molecular weight excluding hydrogens is 170 g/mol. The lowest BCUT2D eigenvalue weighted by Crippen LogP contribution is -1.92. The van der Waals surface area contributed by atoms with Crippen LogP contribution in [0.4, 0.5) is 0 Å². The largest absolute Gasteiger partial charge is 0.497 e. The fraction of sp³-hybridized carbons (Fsp3) is 0.222. The van der Waals surface area contributed by atoms with E-state index in [2.05, 4.69) is 5.16 Å². The highest BCUT2D eigenvalue weighted by molar-refractivity contribution is 5.83. The van der Waals surface area contributed by atoms with Gasteiger partial charge in [0.25, 0.3) is 0 Å². The lowest BCUT2D eigenvalue weighted by Gasteiger charge is -2.05. The molecule has 1 aromatic carbocycles. The Hall–Kier alpha value is -1.71. The molecule has 0 bridgehead atoms. The minimum absolute atomic E-state index is 0.608. The van der Waals surface area contributed by atoms with Gasteiger partial charge in [-0.25, -0.2) is 0 Å². The molecule has 0 amide bonds. The van der Waals surface area contributed by atoms with Crippen LogP contribution in [-0.4, -0.2) is 25.6 Å². The van der Waals surface area contributed by atoms with Crippen LogP contribution in [0.15, 0.2) is 23.4 Å². The van der Waals surface area contributed by atoms with E-state index >= 15 is 0 Å². The molecular formula is C9H11NO3. The van der Waals surface area contributed by atoms with Gasteiger partial charge in [0.15, 0.2) is 0 Å².